The monoisotopic (exact) mass is 580 g/mol. The van der Waals surface area contributed by atoms with E-state index in [-0.39, 0.29) is 32.0 Å². The van der Waals surface area contributed by atoms with Gasteiger partial charge in [0, 0.05) is 21.1 Å². The zero-order valence-electron chi connectivity index (χ0n) is 11.0. The molecule has 0 amide bonds. The average Bonchev–Trinajstić information content (AvgIpc) is 2.45. The molecule has 0 atom stereocenters. The molecule has 0 aliphatic heterocycles. The van der Waals surface area contributed by atoms with Gasteiger partial charge in [-0.1, -0.05) is 0 Å². The second kappa shape index (κ2) is 506. The van der Waals surface area contributed by atoms with E-state index in [1.54, 1.807) is 0 Å². The summed E-state index contributed by atoms with van der Waals surface area (Å²) in [4.78, 5) is 64.0. The van der Waals surface area contributed by atoms with E-state index in [0.717, 1.165) is 42.7 Å². The summed E-state index contributed by atoms with van der Waals surface area (Å²) in [5.74, 6) is 0. The van der Waals surface area contributed by atoms with Crippen LogP contribution in [0.3, 0.4) is 0 Å². The first-order valence-electron chi connectivity index (χ1n) is 2.92. The van der Waals surface area contributed by atoms with Crippen molar-refractivity contribution in [2.24, 2.45) is 42.7 Å². The average molecular weight is 580 g/mol. The Hall–Kier alpha value is -3.89. The van der Waals surface area contributed by atoms with Gasteiger partial charge >= 0.3 is 11.0 Å². The fourth-order valence-electron chi connectivity index (χ4n) is 0. The molecule has 26 heteroatoms. The molecule has 0 aromatic rings. The van der Waals surface area contributed by atoms with Gasteiger partial charge in [0.05, 0.1) is 0 Å². The molecule has 0 heterocycles. The van der Waals surface area contributed by atoms with Crippen molar-refractivity contribution < 1.29 is 21.1 Å². The maximum absolute atomic E-state index is 8.00. The van der Waals surface area contributed by atoms with Crippen molar-refractivity contribution in [3.63, 3.8) is 0 Å². The minimum atomic E-state index is 0. The van der Waals surface area contributed by atoms with Crippen LogP contribution in [0.15, 0.2) is 42.7 Å². The summed E-state index contributed by atoms with van der Waals surface area (Å²) >= 11 is 0. The molecule has 0 aromatic carbocycles. The van der Waals surface area contributed by atoms with Gasteiger partial charge in [-0.15, -0.1) is 42.7 Å². The Kier molecular flexibility index (Phi) is 1310. The fourth-order valence-corrected chi connectivity index (χ4v) is 0. The summed E-state index contributed by atoms with van der Waals surface area (Å²) in [5.41, 5.74) is 0. The molecular weight excluding hydrogens is 580 g/mol. The van der Waals surface area contributed by atoms with Crippen LogP contribution in [0, 0.1) is 80.9 Å². The maximum atomic E-state index is 8.00. The van der Waals surface area contributed by atoms with Crippen molar-refractivity contribution in [1.82, 2.24) is 0 Å². The first-order valence-corrected chi connectivity index (χ1v) is 2.92. The summed E-state index contributed by atoms with van der Waals surface area (Å²) in [6.45, 7) is 0. The van der Waals surface area contributed by atoms with Crippen molar-refractivity contribution in [2.75, 3.05) is 0 Å². The van der Waals surface area contributed by atoms with Crippen LogP contribution in [0.5, 0.6) is 0 Å². The number of hydrogen-bond donors (Lipinski definition) is 0. The first kappa shape index (κ1) is 67.2. The summed E-state index contributed by atoms with van der Waals surface area (Å²) < 4.78 is 0. The van der Waals surface area contributed by atoms with E-state index < -0.39 is 0 Å². The standard InChI is InChI=1S/8HNO2.Si.W/c8*2-1-3;;/h8*(H,2,3);;/q;;;;;;;;+4;/p-8. The van der Waals surface area contributed by atoms with E-state index in [2.05, 4.69) is 0 Å². The van der Waals surface area contributed by atoms with Crippen molar-refractivity contribution in [2.45, 2.75) is 0 Å². The molecule has 0 unspecified atom stereocenters. The Morgan fingerprint density at radius 3 is 0.308 bits per heavy atom. The van der Waals surface area contributed by atoms with Crippen molar-refractivity contribution >= 4 is 11.0 Å². The second-order valence-electron chi connectivity index (χ2n) is 0.596. The van der Waals surface area contributed by atoms with Crippen LogP contribution in [-0.4, -0.2) is 11.0 Å². The van der Waals surface area contributed by atoms with E-state index >= 15 is 0 Å². The zero-order valence-corrected chi connectivity index (χ0v) is 15.0. The third-order valence-corrected chi connectivity index (χ3v) is 0. The van der Waals surface area contributed by atoms with Crippen molar-refractivity contribution in [1.29, 1.82) is 0 Å². The Labute approximate surface area is 156 Å². The first-order chi connectivity index (χ1) is 11.3. The maximum Gasteiger partial charge on any atom is 4.00 e. The van der Waals surface area contributed by atoms with E-state index in [9.17, 15) is 0 Å². The predicted molar refractivity (Wildman–Crippen MR) is 79.0 cm³/mol. The molecule has 0 spiro atoms. The topological polar surface area (TPSA) is 420 Å². The van der Waals surface area contributed by atoms with Crippen LogP contribution in [0.1, 0.15) is 0 Å². The van der Waals surface area contributed by atoms with Gasteiger partial charge in [-0.3, -0.25) is 0 Å². The molecular formula is N8O16SiW-4. The predicted octanol–water partition coefficient (Wildman–Crippen LogP) is 1.62. The van der Waals surface area contributed by atoms with Gasteiger partial charge in [0.2, 0.25) is 0 Å². The van der Waals surface area contributed by atoms with E-state index in [1.807, 2.05) is 0 Å². The third-order valence-electron chi connectivity index (χ3n) is 0. The normalized spacial score (nSPS) is 3.69. The van der Waals surface area contributed by atoms with Gasteiger partial charge < -0.3 is 80.9 Å². The fraction of sp³-hybridized carbons (Fsp3) is 0. The number of rotatable bonds is 0. The molecule has 0 bridgehead atoms. The molecule has 0 rings (SSSR count). The summed E-state index contributed by atoms with van der Waals surface area (Å²) in [7, 11) is 0. The molecule has 150 valence electrons. The summed E-state index contributed by atoms with van der Waals surface area (Å²) in [6, 6.07) is 0. The molecule has 0 aliphatic carbocycles. The molecule has 0 fully saturated rings. The minimum Gasteiger partial charge on any atom is -0.444 e. The molecule has 0 N–H and O–H groups in total. The smallest absolute Gasteiger partial charge is 0.444 e. The van der Waals surface area contributed by atoms with Crippen LogP contribution in [0.4, 0.5) is 0 Å². The van der Waals surface area contributed by atoms with Crippen molar-refractivity contribution in [3.8, 4) is 0 Å². The molecule has 24 nitrogen and oxygen atoms in total. The molecule has 26 heavy (non-hydrogen) atoms. The van der Waals surface area contributed by atoms with Gasteiger partial charge in [0.1, 0.15) is 0 Å². The molecule has 0 aliphatic rings. The largest absolute Gasteiger partial charge is 4.00 e. The van der Waals surface area contributed by atoms with E-state index in [4.69, 9.17) is 80.9 Å². The summed E-state index contributed by atoms with van der Waals surface area (Å²) in [5, 5.41) is 72.0. The quantitative estimate of drug-likeness (QED) is 0.223. The van der Waals surface area contributed by atoms with Gasteiger partial charge in [-0.05, 0) is 0 Å². The molecule has 0 saturated heterocycles. The Morgan fingerprint density at radius 1 is 0.308 bits per heavy atom. The molecule has 0 saturated carbocycles. The number of nitrogens with zero attached hydrogens (tertiary/aromatic N) is 8. The van der Waals surface area contributed by atoms with Gasteiger partial charge in [0.25, 0.3) is 0 Å². The Bertz CT molecular complexity index is 166. The summed E-state index contributed by atoms with van der Waals surface area (Å²) in [6.07, 6.45) is 0. The van der Waals surface area contributed by atoms with Crippen LogP contribution in [0.25, 0.3) is 0 Å². The van der Waals surface area contributed by atoms with Crippen LogP contribution in [0.2, 0.25) is 0 Å². The molecule has 0 radical (unpaired) electrons. The Morgan fingerprint density at radius 2 is 0.308 bits per heavy atom. The van der Waals surface area contributed by atoms with Gasteiger partial charge in [-0.2, -0.15) is 0 Å². The van der Waals surface area contributed by atoms with Gasteiger partial charge in [0.15, 0.2) is 0 Å². The van der Waals surface area contributed by atoms with E-state index in [1.165, 1.54) is 0 Å². The van der Waals surface area contributed by atoms with E-state index in [0.29, 0.717) is 0 Å². The van der Waals surface area contributed by atoms with Crippen LogP contribution >= 0.6 is 0 Å². The Balaban J connectivity index is -0.0000000139. The van der Waals surface area contributed by atoms with Crippen LogP contribution < -0.4 is 0 Å². The third kappa shape index (κ3) is 484. The zero-order chi connectivity index (χ0) is 21.7. The molecule has 0 aromatic heterocycles. The minimum absolute atomic E-state index is 0. The number of hydrogen-bond acceptors (Lipinski definition) is 24. The van der Waals surface area contributed by atoms with Crippen molar-refractivity contribution in [3.05, 3.63) is 80.9 Å². The SMILES string of the molecule is O=N[O-].O=N[O-].O=N[O-].O=N[O-].O=N[O-].O=N[O-].O=N[O-].O=N[O-].[Si+4].[W]. The van der Waals surface area contributed by atoms with Gasteiger partial charge in [-0.25, -0.2) is 0 Å². The van der Waals surface area contributed by atoms with Crippen LogP contribution in [-0.2, 0) is 21.1 Å². The second-order valence-corrected chi connectivity index (χ2v) is 0.596.